The SMILES string of the molecule is CCN(CC)S(=O)(=O)c1ccc(OC)c(NC(=S)NC)c1. The van der Waals surface area contributed by atoms with Crippen molar-refractivity contribution in [1.82, 2.24) is 9.62 Å². The predicted octanol–water partition coefficient (Wildman–Crippen LogP) is 1.64. The summed E-state index contributed by atoms with van der Waals surface area (Å²) < 4.78 is 31.6. The minimum Gasteiger partial charge on any atom is -0.495 e. The Balaban J connectivity index is 3.27. The van der Waals surface area contributed by atoms with Crippen molar-refractivity contribution in [2.45, 2.75) is 18.7 Å². The Kier molecular flexibility index (Phi) is 6.38. The lowest BCUT2D eigenvalue weighted by atomic mass is 10.3. The zero-order chi connectivity index (χ0) is 16.0. The van der Waals surface area contributed by atoms with Gasteiger partial charge in [0.15, 0.2) is 5.11 Å². The maximum atomic E-state index is 12.5. The van der Waals surface area contributed by atoms with E-state index >= 15 is 0 Å². The van der Waals surface area contributed by atoms with E-state index in [1.165, 1.54) is 23.5 Å². The molecule has 0 aliphatic rings. The van der Waals surface area contributed by atoms with E-state index in [-0.39, 0.29) is 4.90 Å². The van der Waals surface area contributed by atoms with Crippen LogP contribution in [0.15, 0.2) is 23.1 Å². The number of rotatable bonds is 6. The number of methoxy groups -OCH3 is 1. The molecule has 0 aliphatic heterocycles. The van der Waals surface area contributed by atoms with Crippen LogP contribution in [0.25, 0.3) is 0 Å². The lowest BCUT2D eigenvalue weighted by molar-refractivity contribution is 0.416. The molecule has 0 heterocycles. The predicted molar refractivity (Wildman–Crippen MR) is 88.4 cm³/mol. The molecule has 1 aromatic carbocycles. The number of sulfonamides is 1. The van der Waals surface area contributed by atoms with Crippen molar-refractivity contribution in [2.24, 2.45) is 0 Å². The first-order valence-electron chi connectivity index (χ1n) is 6.57. The Bertz CT molecular complexity index is 599. The second-order valence-corrected chi connectivity index (χ2v) is 6.50. The van der Waals surface area contributed by atoms with Gasteiger partial charge in [-0.2, -0.15) is 4.31 Å². The molecule has 0 saturated heterocycles. The van der Waals surface area contributed by atoms with E-state index < -0.39 is 10.0 Å². The monoisotopic (exact) mass is 331 g/mol. The van der Waals surface area contributed by atoms with Gasteiger partial charge in [-0.3, -0.25) is 0 Å². The van der Waals surface area contributed by atoms with E-state index in [1.54, 1.807) is 27.0 Å². The van der Waals surface area contributed by atoms with Gasteiger partial charge in [-0.1, -0.05) is 13.8 Å². The first kappa shape index (κ1) is 17.7. The third-order valence-corrected chi connectivity index (χ3v) is 5.34. The average molecular weight is 331 g/mol. The van der Waals surface area contributed by atoms with E-state index in [0.717, 1.165) is 0 Å². The molecule has 0 saturated carbocycles. The standard InChI is InChI=1S/C13H21N3O3S2/c1-5-16(6-2)21(17,18)10-7-8-12(19-4)11(9-10)15-13(20)14-3/h7-9H,5-6H2,1-4H3,(H2,14,15,20). The van der Waals surface area contributed by atoms with E-state index in [1.807, 2.05) is 0 Å². The molecular weight excluding hydrogens is 310 g/mol. The van der Waals surface area contributed by atoms with E-state index in [4.69, 9.17) is 17.0 Å². The van der Waals surface area contributed by atoms with Crippen molar-refractivity contribution in [1.29, 1.82) is 0 Å². The van der Waals surface area contributed by atoms with Crippen molar-refractivity contribution in [2.75, 3.05) is 32.6 Å². The number of hydrogen-bond donors (Lipinski definition) is 2. The van der Waals surface area contributed by atoms with Crippen LogP contribution < -0.4 is 15.4 Å². The molecule has 8 heteroatoms. The molecule has 0 amide bonds. The molecule has 2 N–H and O–H groups in total. The molecule has 0 spiro atoms. The summed E-state index contributed by atoms with van der Waals surface area (Å²) in [4.78, 5) is 0.202. The lowest BCUT2D eigenvalue weighted by Crippen LogP contribution is -2.30. The summed E-state index contributed by atoms with van der Waals surface area (Å²) in [5, 5.41) is 6.06. The van der Waals surface area contributed by atoms with Crippen LogP contribution in [-0.4, -0.2) is 45.1 Å². The highest BCUT2D eigenvalue weighted by Gasteiger charge is 2.22. The number of ether oxygens (including phenoxy) is 1. The Labute approximate surface area is 131 Å². The van der Waals surface area contributed by atoms with Crippen LogP contribution in [0.5, 0.6) is 5.75 Å². The van der Waals surface area contributed by atoms with Crippen molar-refractivity contribution in [3.05, 3.63) is 18.2 Å². The van der Waals surface area contributed by atoms with Crippen molar-refractivity contribution in [3.8, 4) is 5.75 Å². The molecule has 0 unspecified atom stereocenters. The third kappa shape index (κ3) is 4.05. The zero-order valence-corrected chi connectivity index (χ0v) is 14.3. The number of anilines is 1. The van der Waals surface area contributed by atoms with Gasteiger partial charge in [0.25, 0.3) is 0 Å². The van der Waals surface area contributed by atoms with Gasteiger partial charge in [0, 0.05) is 20.1 Å². The Hall–Kier alpha value is -1.38. The van der Waals surface area contributed by atoms with Crippen molar-refractivity contribution >= 4 is 33.0 Å². The van der Waals surface area contributed by atoms with Gasteiger partial charge in [-0.15, -0.1) is 0 Å². The van der Waals surface area contributed by atoms with E-state index in [2.05, 4.69) is 10.6 Å². The molecule has 0 atom stereocenters. The van der Waals surface area contributed by atoms with Gasteiger partial charge in [-0.05, 0) is 30.4 Å². The summed E-state index contributed by atoms with van der Waals surface area (Å²) in [6.07, 6.45) is 0. The number of hydrogen-bond acceptors (Lipinski definition) is 4. The summed E-state index contributed by atoms with van der Waals surface area (Å²) in [7, 11) is -0.323. The second-order valence-electron chi connectivity index (χ2n) is 4.16. The maximum absolute atomic E-state index is 12.5. The smallest absolute Gasteiger partial charge is 0.243 e. The molecule has 0 aromatic heterocycles. The second kappa shape index (κ2) is 7.58. The van der Waals surface area contributed by atoms with Gasteiger partial charge in [0.1, 0.15) is 5.75 Å². The molecule has 0 radical (unpaired) electrons. The van der Waals surface area contributed by atoms with Crippen LogP contribution in [0.1, 0.15) is 13.8 Å². The molecule has 1 aromatic rings. The lowest BCUT2D eigenvalue weighted by Gasteiger charge is -2.20. The van der Waals surface area contributed by atoms with E-state index in [9.17, 15) is 8.42 Å². The number of benzene rings is 1. The summed E-state index contributed by atoms with van der Waals surface area (Å²) in [6.45, 7) is 4.45. The number of thiocarbonyl (C=S) groups is 1. The van der Waals surface area contributed by atoms with Gasteiger partial charge in [-0.25, -0.2) is 8.42 Å². The molecule has 6 nitrogen and oxygen atoms in total. The fourth-order valence-corrected chi connectivity index (χ4v) is 3.44. The summed E-state index contributed by atoms with van der Waals surface area (Å²) in [5.41, 5.74) is 0.505. The Morgan fingerprint density at radius 1 is 1.33 bits per heavy atom. The van der Waals surface area contributed by atoms with Crippen LogP contribution in [0, 0.1) is 0 Å². The fourth-order valence-electron chi connectivity index (χ4n) is 1.84. The van der Waals surface area contributed by atoms with Gasteiger partial charge < -0.3 is 15.4 Å². The zero-order valence-electron chi connectivity index (χ0n) is 12.6. The molecule has 1 rings (SSSR count). The van der Waals surface area contributed by atoms with Crippen LogP contribution in [0.3, 0.4) is 0 Å². The van der Waals surface area contributed by atoms with Crippen LogP contribution in [-0.2, 0) is 10.0 Å². The highest BCUT2D eigenvalue weighted by Crippen LogP contribution is 2.28. The Morgan fingerprint density at radius 2 is 1.95 bits per heavy atom. The van der Waals surface area contributed by atoms with Crippen LogP contribution in [0.2, 0.25) is 0 Å². The third-order valence-electron chi connectivity index (χ3n) is 2.99. The number of nitrogens with one attached hydrogen (secondary N) is 2. The minimum atomic E-state index is -3.52. The topological polar surface area (TPSA) is 70.7 Å². The maximum Gasteiger partial charge on any atom is 0.243 e. The van der Waals surface area contributed by atoms with Crippen molar-refractivity contribution < 1.29 is 13.2 Å². The highest BCUT2D eigenvalue weighted by atomic mass is 32.2. The van der Waals surface area contributed by atoms with Gasteiger partial charge in [0.2, 0.25) is 10.0 Å². The average Bonchev–Trinajstić information content (AvgIpc) is 2.47. The first-order valence-corrected chi connectivity index (χ1v) is 8.42. The van der Waals surface area contributed by atoms with Crippen LogP contribution >= 0.6 is 12.2 Å². The van der Waals surface area contributed by atoms with Gasteiger partial charge in [0.05, 0.1) is 17.7 Å². The Morgan fingerprint density at radius 3 is 2.43 bits per heavy atom. The van der Waals surface area contributed by atoms with Crippen LogP contribution in [0.4, 0.5) is 5.69 Å². The summed E-state index contributed by atoms with van der Waals surface area (Å²) in [5.74, 6) is 0.520. The fraction of sp³-hybridized carbons (Fsp3) is 0.462. The molecular formula is C13H21N3O3S2. The first-order chi connectivity index (χ1) is 9.90. The summed E-state index contributed by atoms with van der Waals surface area (Å²) >= 11 is 5.04. The van der Waals surface area contributed by atoms with E-state index in [0.29, 0.717) is 29.6 Å². The summed E-state index contributed by atoms with van der Waals surface area (Å²) in [6, 6.07) is 4.66. The molecule has 118 valence electrons. The molecule has 0 fully saturated rings. The highest BCUT2D eigenvalue weighted by molar-refractivity contribution is 7.89. The largest absolute Gasteiger partial charge is 0.495 e. The van der Waals surface area contributed by atoms with Crippen molar-refractivity contribution in [3.63, 3.8) is 0 Å². The molecule has 21 heavy (non-hydrogen) atoms. The number of nitrogens with zero attached hydrogens (tertiary/aromatic N) is 1. The van der Waals surface area contributed by atoms with Gasteiger partial charge >= 0.3 is 0 Å². The quantitative estimate of drug-likeness (QED) is 0.772. The molecule has 0 aliphatic carbocycles. The normalized spacial score (nSPS) is 11.3. The molecule has 0 bridgehead atoms. The minimum absolute atomic E-state index is 0.202.